The molecule has 7 rings (SSSR count). The number of aromatic nitrogens is 4. The number of rotatable bonds is 4. The van der Waals surface area contributed by atoms with Crippen LogP contribution >= 0.6 is 0 Å². The summed E-state index contributed by atoms with van der Waals surface area (Å²) in [5.41, 5.74) is 10.8. The Morgan fingerprint density at radius 3 is 1.23 bits per heavy atom. The zero-order valence-corrected chi connectivity index (χ0v) is 21.8. The molecule has 0 fully saturated rings. The molecular formula is C35H26N4. The second-order valence-electron chi connectivity index (χ2n) is 10.2. The van der Waals surface area contributed by atoms with Gasteiger partial charge in [0.2, 0.25) is 0 Å². The summed E-state index contributed by atoms with van der Waals surface area (Å²) in [6.45, 7) is 4.02. The van der Waals surface area contributed by atoms with Gasteiger partial charge in [-0.1, -0.05) is 84.9 Å². The summed E-state index contributed by atoms with van der Waals surface area (Å²) in [6, 6.07) is 34.8. The molecule has 2 heterocycles. The summed E-state index contributed by atoms with van der Waals surface area (Å²) < 4.78 is 0. The van der Waals surface area contributed by atoms with E-state index in [-0.39, 0.29) is 0 Å². The van der Waals surface area contributed by atoms with Crippen LogP contribution in [0.15, 0.2) is 122 Å². The van der Waals surface area contributed by atoms with Gasteiger partial charge < -0.3 is 0 Å². The van der Waals surface area contributed by atoms with E-state index in [2.05, 4.69) is 117 Å². The predicted octanol–water partition coefficient (Wildman–Crippen LogP) is 7.58. The minimum Gasteiger partial charge on any atom is -0.236 e. The van der Waals surface area contributed by atoms with E-state index in [0.717, 1.165) is 33.9 Å². The quantitative estimate of drug-likeness (QED) is 0.249. The van der Waals surface area contributed by atoms with Crippen molar-refractivity contribution >= 4 is 0 Å². The molecule has 0 saturated carbocycles. The van der Waals surface area contributed by atoms with Crippen molar-refractivity contribution in [2.24, 2.45) is 0 Å². The molecule has 4 heteroatoms. The highest BCUT2D eigenvalue weighted by molar-refractivity contribution is 5.89. The number of hydrogen-bond donors (Lipinski definition) is 0. The third-order valence-corrected chi connectivity index (χ3v) is 7.63. The van der Waals surface area contributed by atoms with Crippen LogP contribution < -0.4 is 0 Å². The highest BCUT2D eigenvalue weighted by Crippen LogP contribution is 2.57. The first-order chi connectivity index (χ1) is 19.1. The van der Waals surface area contributed by atoms with E-state index in [9.17, 15) is 0 Å². The van der Waals surface area contributed by atoms with E-state index in [4.69, 9.17) is 0 Å². The van der Waals surface area contributed by atoms with Gasteiger partial charge in [-0.15, -0.1) is 0 Å². The fraction of sp³-hybridized carbons (Fsp3) is 0.0857. The van der Waals surface area contributed by atoms with Crippen LogP contribution in [0.5, 0.6) is 0 Å². The Labute approximate surface area is 228 Å². The van der Waals surface area contributed by atoms with Gasteiger partial charge in [-0.2, -0.15) is 0 Å². The Balaban J connectivity index is 1.56. The first-order valence-corrected chi connectivity index (χ1v) is 13.1. The minimum absolute atomic E-state index is 0.533. The minimum atomic E-state index is -0.533. The Bertz CT molecular complexity index is 1660. The zero-order valence-electron chi connectivity index (χ0n) is 21.8. The fourth-order valence-corrected chi connectivity index (χ4v) is 5.85. The van der Waals surface area contributed by atoms with E-state index in [1.165, 1.54) is 33.4 Å². The van der Waals surface area contributed by atoms with Gasteiger partial charge in [0.05, 0.1) is 5.41 Å². The van der Waals surface area contributed by atoms with Crippen molar-refractivity contribution in [1.82, 2.24) is 19.9 Å². The monoisotopic (exact) mass is 502 g/mol. The lowest BCUT2D eigenvalue weighted by molar-refractivity contribution is 0.768. The molecule has 0 amide bonds. The van der Waals surface area contributed by atoms with Crippen LogP contribution in [-0.2, 0) is 5.41 Å². The van der Waals surface area contributed by atoms with Crippen LogP contribution in [0.4, 0.5) is 0 Å². The molecule has 0 bridgehead atoms. The molecule has 0 radical (unpaired) electrons. The average Bonchev–Trinajstić information content (AvgIpc) is 3.28. The molecule has 0 atom stereocenters. The molecule has 4 aromatic carbocycles. The van der Waals surface area contributed by atoms with Crippen LogP contribution in [0.25, 0.3) is 33.9 Å². The fourth-order valence-electron chi connectivity index (χ4n) is 5.85. The van der Waals surface area contributed by atoms with Gasteiger partial charge in [-0.05, 0) is 70.5 Å². The molecule has 186 valence electrons. The number of aryl methyl sites for hydroxylation is 2. The molecule has 39 heavy (non-hydrogen) atoms. The lowest BCUT2D eigenvalue weighted by Gasteiger charge is -2.34. The molecule has 1 aliphatic rings. The Hall–Kier alpha value is -4.96. The molecule has 6 aromatic rings. The highest BCUT2D eigenvalue weighted by Gasteiger charge is 2.46. The molecule has 0 spiro atoms. The zero-order chi connectivity index (χ0) is 26.4. The Morgan fingerprint density at radius 1 is 0.462 bits per heavy atom. The van der Waals surface area contributed by atoms with Gasteiger partial charge in [0.25, 0.3) is 0 Å². The lowest BCUT2D eigenvalue weighted by atomic mass is 9.67. The summed E-state index contributed by atoms with van der Waals surface area (Å²) in [5, 5.41) is 0. The third kappa shape index (κ3) is 3.68. The van der Waals surface area contributed by atoms with E-state index in [0.29, 0.717) is 0 Å². The largest absolute Gasteiger partial charge is 0.236 e. The van der Waals surface area contributed by atoms with Crippen molar-refractivity contribution in [2.45, 2.75) is 19.3 Å². The topological polar surface area (TPSA) is 51.6 Å². The van der Waals surface area contributed by atoms with Gasteiger partial charge in [0.1, 0.15) is 0 Å². The second kappa shape index (κ2) is 9.10. The van der Waals surface area contributed by atoms with Gasteiger partial charge in [-0.25, -0.2) is 19.9 Å². The van der Waals surface area contributed by atoms with Crippen molar-refractivity contribution in [3.05, 3.63) is 155 Å². The third-order valence-electron chi connectivity index (χ3n) is 7.63. The van der Waals surface area contributed by atoms with E-state index >= 15 is 0 Å². The lowest BCUT2D eigenvalue weighted by Crippen LogP contribution is -2.28. The van der Waals surface area contributed by atoms with Crippen LogP contribution in [-0.4, -0.2) is 19.9 Å². The highest BCUT2D eigenvalue weighted by atomic mass is 14.9. The number of nitrogens with zero attached hydrogens (tertiary/aromatic N) is 4. The molecule has 0 unspecified atom stereocenters. The van der Waals surface area contributed by atoms with Crippen molar-refractivity contribution in [3.8, 4) is 33.9 Å². The van der Waals surface area contributed by atoms with Crippen LogP contribution in [0.3, 0.4) is 0 Å². The molecular weight excluding hydrogens is 476 g/mol. The number of fused-ring (bicyclic) bond motifs is 3. The molecule has 0 saturated heterocycles. The average molecular weight is 503 g/mol. The molecule has 4 nitrogen and oxygen atoms in total. The standard InChI is InChI=1S/C35H26N4/c1-23-19-36-33(37-20-23)25-13-15-29-30-16-14-26(34-38-21-24(2)22-39-34)18-32(30)35(31(29)17-25,27-9-5-3-6-10-27)28-11-7-4-8-12-28/h3-22H,1-2H3. The summed E-state index contributed by atoms with van der Waals surface area (Å²) >= 11 is 0. The van der Waals surface area contributed by atoms with Crippen LogP contribution in [0, 0.1) is 13.8 Å². The van der Waals surface area contributed by atoms with Crippen molar-refractivity contribution in [3.63, 3.8) is 0 Å². The van der Waals surface area contributed by atoms with Gasteiger partial charge >= 0.3 is 0 Å². The maximum absolute atomic E-state index is 4.65. The second-order valence-corrected chi connectivity index (χ2v) is 10.2. The van der Waals surface area contributed by atoms with E-state index in [1.807, 2.05) is 38.6 Å². The van der Waals surface area contributed by atoms with Gasteiger partial charge in [-0.3, -0.25) is 0 Å². The predicted molar refractivity (Wildman–Crippen MR) is 155 cm³/mol. The van der Waals surface area contributed by atoms with Gasteiger partial charge in [0, 0.05) is 35.9 Å². The SMILES string of the molecule is Cc1cnc(-c2ccc3c(c2)C(c2ccccc2)(c2ccccc2)c2cc(-c4ncc(C)cn4)ccc2-3)nc1. The number of hydrogen-bond acceptors (Lipinski definition) is 4. The Kier molecular flexibility index (Phi) is 5.41. The first kappa shape index (κ1) is 23.2. The maximum Gasteiger partial charge on any atom is 0.159 e. The van der Waals surface area contributed by atoms with E-state index in [1.54, 1.807) is 0 Å². The van der Waals surface area contributed by atoms with Crippen LogP contribution in [0.2, 0.25) is 0 Å². The first-order valence-electron chi connectivity index (χ1n) is 13.1. The summed E-state index contributed by atoms with van der Waals surface area (Å²) in [4.78, 5) is 18.6. The molecule has 1 aliphatic carbocycles. The molecule has 0 N–H and O–H groups in total. The number of benzene rings is 4. The summed E-state index contributed by atoms with van der Waals surface area (Å²) in [5.74, 6) is 1.45. The summed E-state index contributed by atoms with van der Waals surface area (Å²) in [6.07, 6.45) is 7.50. The van der Waals surface area contributed by atoms with Crippen molar-refractivity contribution in [1.29, 1.82) is 0 Å². The molecule has 0 aliphatic heterocycles. The normalized spacial score (nSPS) is 13.1. The van der Waals surface area contributed by atoms with Crippen molar-refractivity contribution in [2.75, 3.05) is 0 Å². The smallest absolute Gasteiger partial charge is 0.159 e. The summed E-state index contributed by atoms with van der Waals surface area (Å²) in [7, 11) is 0. The maximum atomic E-state index is 4.65. The van der Waals surface area contributed by atoms with Crippen molar-refractivity contribution < 1.29 is 0 Å². The van der Waals surface area contributed by atoms with Gasteiger partial charge in [0.15, 0.2) is 11.6 Å². The van der Waals surface area contributed by atoms with Crippen LogP contribution in [0.1, 0.15) is 33.4 Å². The van der Waals surface area contributed by atoms with E-state index < -0.39 is 5.41 Å². The Morgan fingerprint density at radius 2 is 0.846 bits per heavy atom. The molecule has 2 aromatic heterocycles.